The number of nitrogens with one attached hydrogen (secondary N) is 1. The van der Waals surface area contributed by atoms with Crippen LogP contribution in [0.4, 0.5) is 0 Å². The molecule has 1 aliphatic rings. The standard InChI is InChI=1S/C19H15ClN4O2/c1-12(25)24-19(14-9-5-6-10-15(14)20)26-18(23-24)17-11-16(21-22-17)13-7-3-2-4-8-13/h2-11,19H,1H3,(H,21,22). The lowest BCUT2D eigenvalue weighted by Gasteiger charge is -2.20. The van der Waals surface area contributed by atoms with E-state index in [1.54, 1.807) is 6.07 Å². The van der Waals surface area contributed by atoms with Crippen LogP contribution < -0.4 is 0 Å². The molecule has 0 aliphatic carbocycles. The first kappa shape index (κ1) is 16.4. The molecule has 1 atom stereocenters. The van der Waals surface area contributed by atoms with Crippen LogP contribution in [-0.4, -0.2) is 27.0 Å². The predicted molar refractivity (Wildman–Crippen MR) is 98.4 cm³/mol. The molecule has 0 fully saturated rings. The van der Waals surface area contributed by atoms with E-state index in [1.807, 2.05) is 54.6 Å². The third-order valence-corrected chi connectivity index (χ3v) is 4.36. The SMILES string of the molecule is CC(=O)N1N=C(c2cc(-c3ccccc3)n[nH]2)OC1c1ccccc1Cl. The van der Waals surface area contributed by atoms with Gasteiger partial charge in [0.2, 0.25) is 12.1 Å². The average molecular weight is 367 g/mol. The number of halogens is 1. The Morgan fingerprint density at radius 1 is 1.15 bits per heavy atom. The van der Waals surface area contributed by atoms with Crippen LogP contribution in [0.1, 0.15) is 24.4 Å². The zero-order valence-corrected chi connectivity index (χ0v) is 14.6. The molecule has 2 heterocycles. The van der Waals surface area contributed by atoms with Crippen molar-refractivity contribution < 1.29 is 9.53 Å². The smallest absolute Gasteiger partial charge is 0.259 e. The quantitative estimate of drug-likeness (QED) is 0.762. The van der Waals surface area contributed by atoms with Crippen LogP contribution >= 0.6 is 11.6 Å². The molecule has 3 aromatic rings. The van der Waals surface area contributed by atoms with Gasteiger partial charge in [-0.25, -0.2) is 0 Å². The van der Waals surface area contributed by atoms with E-state index < -0.39 is 6.23 Å². The van der Waals surface area contributed by atoms with Crippen LogP contribution in [0.25, 0.3) is 11.3 Å². The highest BCUT2D eigenvalue weighted by Gasteiger charge is 2.35. The van der Waals surface area contributed by atoms with Gasteiger partial charge in [-0.2, -0.15) is 10.1 Å². The Labute approximate surface area is 155 Å². The van der Waals surface area contributed by atoms with Gasteiger partial charge >= 0.3 is 0 Å². The Balaban J connectivity index is 1.66. The summed E-state index contributed by atoms with van der Waals surface area (Å²) in [5, 5.41) is 13.3. The molecule has 1 aliphatic heterocycles. The zero-order valence-electron chi connectivity index (χ0n) is 13.9. The molecule has 1 unspecified atom stereocenters. The Bertz CT molecular complexity index is 984. The van der Waals surface area contributed by atoms with Gasteiger partial charge in [0.15, 0.2) is 0 Å². The number of benzene rings is 2. The molecule has 6 nitrogen and oxygen atoms in total. The Kier molecular flexibility index (Phi) is 4.18. The number of aromatic amines is 1. The normalized spacial score (nSPS) is 16.3. The number of hydrazone groups is 1. The highest BCUT2D eigenvalue weighted by Crippen LogP contribution is 2.34. The maximum absolute atomic E-state index is 12.0. The molecule has 0 saturated carbocycles. The van der Waals surface area contributed by atoms with Crippen LogP contribution in [0, 0.1) is 0 Å². The number of amides is 1. The first-order chi connectivity index (χ1) is 12.6. The lowest BCUT2D eigenvalue weighted by atomic mass is 10.1. The lowest BCUT2D eigenvalue weighted by Crippen LogP contribution is -2.25. The van der Waals surface area contributed by atoms with Gasteiger partial charge in [-0.05, 0) is 12.1 Å². The predicted octanol–water partition coefficient (Wildman–Crippen LogP) is 3.97. The summed E-state index contributed by atoms with van der Waals surface area (Å²) in [4.78, 5) is 12.0. The summed E-state index contributed by atoms with van der Waals surface area (Å²) in [6.07, 6.45) is -0.709. The summed E-state index contributed by atoms with van der Waals surface area (Å²) in [6, 6.07) is 18.8. The largest absolute Gasteiger partial charge is 0.445 e. The molecule has 1 amide bonds. The minimum Gasteiger partial charge on any atom is -0.445 e. The summed E-state index contributed by atoms with van der Waals surface area (Å²) in [5.41, 5.74) is 3.00. The molecule has 0 radical (unpaired) electrons. The molecular formula is C19H15ClN4O2. The van der Waals surface area contributed by atoms with Crippen molar-refractivity contribution in [3.8, 4) is 11.3 Å². The molecule has 4 rings (SSSR count). The Hall–Kier alpha value is -3.12. The average Bonchev–Trinajstić information content (AvgIpc) is 3.30. The van der Waals surface area contributed by atoms with E-state index in [9.17, 15) is 4.79 Å². The van der Waals surface area contributed by atoms with Crippen LogP contribution in [0.15, 0.2) is 65.8 Å². The molecule has 0 spiro atoms. The molecule has 130 valence electrons. The van der Waals surface area contributed by atoms with Crippen molar-refractivity contribution in [2.45, 2.75) is 13.2 Å². The summed E-state index contributed by atoms with van der Waals surface area (Å²) in [5.74, 6) is 0.0486. The van der Waals surface area contributed by atoms with Gasteiger partial charge in [0.25, 0.3) is 5.90 Å². The third-order valence-electron chi connectivity index (χ3n) is 4.02. The number of hydrogen-bond acceptors (Lipinski definition) is 4. The number of aromatic nitrogens is 2. The van der Waals surface area contributed by atoms with Gasteiger partial charge in [0.05, 0.1) is 5.69 Å². The number of rotatable bonds is 3. The number of nitrogens with zero attached hydrogens (tertiary/aromatic N) is 3. The van der Waals surface area contributed by atoms with E-state index >= 15 is 0 Å². The second kappa shape index (κ2) is 6.65. The summed E-state index contributed by atoms with van der Waals surface area (Å²) in [6.45, 7) is 1.43. The maximum atomic E-state index is 12.0. The van der Waals surface area contributed by atoms with Crippen LogP contribution in [0.5, 0.6) is 0 Å². The van der Waals surface area contributed by atoms with Crippen molar-refractivity contribution in [2.75, 3.05) is 0 Å². The second-order valence-electron chi connectivity index (χ2n) is 5.79. The second-order valence-corrected chi connectivity index (χ2v) is 6.20. The molecular weight excluding hydrogens is 352 g/mol. The van der Waals surface area contributed by atoms with E-state index in [4.69, 9.17) is 16.3 Å². The topological polar surface area (TPSA) is 70.6 Å². The summed E-state index contributed by atoms with van der Waals surface area (Å²) in [7, 11) is 0. The van der Waals surface area contributed by atoms with E-state index in [1.165, 1.54) is 11.9 Å². The first-order valence-electron chi connectivity index (χ1n) is 8.04. The highest BCUT2D eigenvalue weighted by molar-refractivity contribution is 6.31. The molecule has 7 heteroatoms. The third kappa shape index (κ3) is 2.95. The van der Waals surface area contributed by atoms with Gasteiger partial charge in [-0.15, -0.1) is 5.10 Å². The minimum absolute atomic E-state index is 0.243. The van der Waals surface area contributed by atoms with Crippen molar-refractivity contribution >= 4 is 23.4 Å². The van der Waals surface area contributed by atoms with Crippen molar-refractivity contribution in [1.29, 1.82) is 0 Å². The highest BCUT2D eigenvalue weighted by atomic mass is 35.5. The number of carbonyl (C=O) groups is 1. The lowest BCUT2D eigenvalue weighted by molar-refractivity contribution is -0.135. The van der Waals surface area contributed by atoms with Gasteiger partial charge in [-0.3, -0.25) is 9.89 Å². The van der Waals surface area contributed by atoms with Crippen molar-refractivity contribution in [2.24, 2.45) is 5.10 Å². The zero-order chi connectivity index (χ0) is 18.1. The molecule has 1 N–H and O–H groups in total. The van der Waals surface area contributed by atoms with Crippen LogP contribution in [0.3, 0.4) is 0 Å². The van der Waals surface area contributed by atoms with E-state index in [0.29, 0.717) is 22.2 Å². The first-order valence-corrected chi connectivity index (χ1v) is 8.42. The van der Waals surface area contributed by atoms with Crippen molar-refractivity contribution in [3.05, 3.63) is 76.9 Å². The number of ether oxygens (including phenoxy) is 1. The Morgan fingerprint density at radius 3 is 2.62 bits per heavy atom. The fourth-order valence-corrected chi connectivity index (χ4v) is 2.97. The molecule has 1 aromatic heterocycles. The van der Waals surface area contributed by atoms with Crippen molar-refractivity contribution in [3.63, 3.8) is 0 Å². The van der Waals surface area contributed by atoms with Gasteiger partial charge in [0, 0.05) is 23.1 Å². The number of hydrogen-bond donors (Lipinski definition) is 1. The van der Waals surface area contributed by atoms with Gasteiger partial charge in [-0.1, -0.05) is 60.1 Å². The molecule has 2 aromatic carbocycles. The van der Waals surface area contributed by atoms with Crippen LogP contribution in [0.2, 0.25) is 5.02 Å². The monoisotopic (exact) mass is 366 g/mol. The molecule has 26 heavy (non-hydrogen) atoms. The number of H-pyrrole nitrogens is 1. The van der Waals surface area contributed by atoms with Crippen molar-refractivity contribution in [1.82, 2.24) is 15.2 Å². The summed E-state index contributed by atoms with van der Waals surface area (Å²) < 4.78 is 5.94. The van der Waals surface area contributed by atoms with Crippen LogP contribution in [-0.2, 0) is 9.53 Å². The maximum Gasteiger partial charge on any atom is 0.259 e. The van der Waals surface area contributed by atoms with Gasteiger partial charge in [0.1, 0.15) is 5.69 Å². The van der Waals surface area contributed by atoms with Gasteiger partial charge < -0.3 is 4.74 Å². The minimum atomic E-state index is -0.709. The number of carbonyl (C=O) groups excluding carboxylic acids is 1. The van der Waals surface area contributed by atoms with E-state index in [0.717, 1.165) is 11.3 Å². The van der Waals surface area contributed by atoms with E-state index in [-0.39, 0.29) is 5.91 Å². The molecule has 0 bridgehead atoms. The molecule has 0 saturated heterocycles. The summed E-state index contributed by atoms with van der Waals surface area (Å²) >= 11 is 6.26. The Morgan fingerprint density at radius 2 is 1.88 bits per heavy atom. The van der Waals surface area contributed by atoms with E-state index in [2.05, 4.69) is 15.3 Å². The fraction of sp³-hybridized carbons (Fsp3) is 0.105. The fourth-order valence-electron chi connectivity index (χ4n) is 2.74.